The van der Waals surface area contributed by atoms with Crippen LogP contribution in [0.1, 0.15) is 52.9 Å². The van der Waals surface area contributed by atoms with Crippen LogP contribution in [0.4, 0.5) is 0 Å². The maximum Gasteiger partial charge on any atom is 0.311 e. The van der Waals surface area contributed by atoms with Gasteiger partial charge in [-0.2, -0.15) is 0 Å². The number of cyclic esters (lactones) is 1. The van der Waals surface area contributed by atoms with E-state index in [-0.39, 0.29) is 41.7 Å². The van der Waals surface area contributed by atoms with Crippen molar-refractivity contribution in [3.63, 3.8) is 0 Å². The second kappa shape index (κ2) is 5.71. The highest BCUT2D eigenvalue weighted by Crippen LogP contribution is 2.72. The van der Waals surface area contributed by atoms with Gasteiger partial charge in [-0.15, -0.1) is 0 Å². The van der Waals surface area contributed by atoms with Gasteiger partial charge in [-0.3, -0.25) is 9.69 Å². The minimum absolute atomic E-state index is 0.146. The molecule has 0 amide bonds. The maximum absolute atomic E-state index is 12.3. The molecular formula is C22H33NO5. The van der Waals surface area contributed by atoms with Crippen molar-refractivity contribution in [3.8, 4) is 0 Å². The molecule has 12 atom stereocenters. The molecule has 1 spiro atoms. The van der Waals surface area contributed by atoms with Gasteiger partial charge in [0.25, 0.3) is 0 Å². The van der Waals surface area contributed by atoms with Crippen LogP contribution < -0.4 is 0 Å². The fraction of sp³-hybridized carbons (Fsp3) is 0.955. The predicted molar refractivity (Wildman–Crippen MR) is 100 cm³/mol. The van der Waals surface area contributed by atoms with E-state index in [4.69, 9.17) is 18.9 Å². The van der Waals surface area contributed by atoms with Crippen molar-refractivity contribution in [1.82, 2.24) is 4.90 Å². The molecule has 0 N–H and O–H groups in total. The summed E-state index contributed by atoms with van der Waals surface area (Å²) in [4.78, 5) is 15.1. The molecule has 28 heavy (non-hydrogen) atoms. The van der Waals surface area contributed by atoms with Gasteiger partial charge in [0.15, 0.2) is 11.9 Å². The van der Waals surface area contributed by atoms with Gasteiger partial charge in [-0.05, 0) is 38.6 Å². The maximum atomic E-state index is 12.3. The number of ether oxygens (including phenoxy) is 4. The fourth-order valence-corrected chi connectivity index (χ4v) is 8.34. The first-order valence-corrected chi connectivity index (χ1v) is 11.3. The number of nitrogens with zero attached hydrogens (tertiary/aromatic N) is 1. The Hall–Kier alpha value is -0.690. The van der Waals surface area contributed by atoms with E-state index in [1.807, 2.05) is 6.92 Å². The van der Waals surface area contributed by atoms with Crippen LogP contribution in [0.3, 0.4) is 0 Å². The summed E-state index contributed by atoms with van der Waals surface area (Å²) >= 11 is 0. The van der Waals surface area contributed by atoms with Crippen LogP contribution in [0.2, 0.25) is 0 Å². The average Bonchev–Trinajstić information content (AvgIpc) is 3.38. The number of hydrogen-bond donors (Lipinski definition) is 0. The molecule has 6 nitrogen and oxygen atoms in total. The number of esters is 1. The topological polar surface area (TPSA) is 57.2 Å². The molecule has 6 heterocycles. The zero-order valence-corrected chi connectivity index (χ0v) is 17.4. The Kier molecular flexibility index (Phi) is 3.70. The summed E-state index contributed by atoms with van der Waals surface area (Å²) in [6.07, 6.45) is 5.60. The molecule has 0 radical (unpaired) electrons. The van der Waals surface area contributed by atoms with Crippen LogP contribution in [-0.4, -0.2) is 66.3 Å². The van der Waals surface area contributed by atoms with E-state index in [0.29, 0.717) is 24.0 Å². The lowest BCUT2D eigenvalue weighted by molar-refractivity contribution is -0.283. The fourth-order valence-electron chi connectivity index (χ4n) is 8.34. The first-order valence-electron chi connectivity index (χ1n) is 11.3. The van der Waals surface area contributed by atoms with Crippen molar-refractivity contribution >= 4 is 5.97 Å². The summed E-state index contributed by atoms with van der Waals surface area (Å²) in [5.74, 6) is 0.215. The van der Waals surface area contributed by atoms with Crippen molar-refractivity contribution in [2.45, 2.75) is 94.7 Å². The lowest BCUT2D eigenvalue weighted by Crippen LogP contribution is -2.61. The largest absolute Gasteiger partial charge is 0.456 e. The second-order valence-electron chi connectivity index (χ2n) is 10.1. The summed E-state index contributed by atoms with van der Waals surface area (Å²) in [5, 5.41) is 0. The monoisotopic (exact) mass is 391 g/mol. The Bertz CT molecular complexity index is 700. The lowest BCUT2D eigenvalue weighted by Gasteiger charge is -2.49. The third kappa shape index (κ3) is 1.79. The average molecular weight is 392 g/mol. The lowest BCUT2D eigenvalue weighted by atomic mass is 9.69. The van der Waals surface area contributed by atoms with Crippen LogP contribution >= 0.6 is 0 Å². The van der Waals surface area contributed by atoms with Crippen molar-refractivity contribution in [2.24, 2.45) is 23.7 Å². The molecule has 6 fully saturated rings. The standard InChI is InChI=1S/C22H33NO5/c1-5-6-8-21-14-7-9-23(21)13-10-15(21)27-22(14)16(13)11(2)18(28-22)19-17(25-4)12(3)20(24)26-19/h11-19H,5-10H2,1-4H3/t11-,12?,13-,14+,15-,16+,17?,18-,19+,21-,22+/m0/s1. The molecule has 0 aromatic rings. The first-order chi connectivity index (χ1) is 13.5. The van der Waals surface area contributed by atoms with Gasteiger partial charge in [0.2, 0.25) is 0 Å². The van der Waals surface area contributed by atoms with Gasteiger partial charge in [0, 0.05) is 25.0 Å². The molecule has 6 rings (SSSR count). The van der Waals surface area contributed by atoms with Gasteiger partial charge in [-0.25, -0.2) is 0 Å². The number of fused-ring (bicyclic) bond motifs is 1. The molecule has 6 aliphatic rings. The van der Waals surface area contributed by atoms with Crippen LogP contribution in [0, 0.1) is 23.7 Å². The van der Waals surface area contributed by atoms with Crippen LogP contribution in [0.15, 0.2) is 0 Å². The number of hydrogen-bond acceptors (Lipinski definition) is 6. The van der Waals surface area contributed by atoms with Gasteiger partial charge in [0.1, 0.15) is 12.2 Å². The summed E-state index contributed by atoms with van der Waals surface area (Å²) in [6, 6.07) is 0.546. The summed E-state index contributed by atoms with van der Waals surface area (Å²) in [5.41, 5.74) is 0.187. The van der Waals surface area contributed by atoms with E-state index in [9.17, 15) is 4.79 Å². The first kappa shape index (κ1) is 18.1. The Balaban J connectivity index is 1.37. The van der Waals surface area contributed by atoms with E-state index in [0.717, 1.165) is 6.42 Å². The minimum atomic E-state index is -0.477. The highest BCUT2D eigenvalue weighted by Gasteiger charge is 2.84. The molecule has 0 saturated carbocycles. The summed E-state index contributed by atoms with van der Waals surface area (Å²) in [7, 11) is 1.67. The number of piperidine rings is 1. The number of methoxy groups -OCH3 is 1. The van der Waals surface area contributed by atoms with Gasteiger partial charge >= 0.3 is 5.97 Å². The van der Waals surface area contributed by atoms with E-state index in [2.05, 4.69) is 18.7 Å². The third-order valence-electron chi connectivity index (χ3n) is 9.27. The molecule has 0 aromatic heterocycles. The van der Waals surface area contributed by atoms with Crippen LogP contribution in [0.5, 0.6) is 0 Å². The molecule has 0 aromatic carbocycles. The molecule has 3 unspecified atom stereocenters. The highest BCUT2D eigenvalue weighted by molar-refractivity contribution is 5.75. The molecule has 6 aliphatic heterocycles. The smallest absolute Gasteiger partial charge is 0.311 e. The number of carbonyl (C=O) groups is 1. The molecular weight excluding hydrogens is 358 g/mol. The molecule has 156 valence electrons. The van der Waals surface area contributed by atoms with Crippen molar-refractivity contribution in [1.29, 1.82) is 0 Å². The second-order valence-corrected chi connectivity index (χ2v) is 10.1. The van der Waals surface area contributed by atoms with E-state index in [1.54, 1.807) is 7.11 Å². The summed E-state index contributed by atoms with van der Waals surface area (Å²) in [6.45, 7) is 7.64. The predicted octanol–water partition coefficient (Wildman–Crippen LogP) is 2.35. The van der Waals surface area contributed by atoms with Gasteiger partial charge < -0.3 is 18.9 Å². The van der Waals surface area contributed by atoms with Gasteiger partial charge in [-0.1, -0.05) is 26.7 Å². The molecule has 6 saturated heterocycles. The molecule has 5 bridgehead atoms. The molecule has 6 heteroatoms. The normalized spacial score (nSPS) is 60.6. The van der Waals surface area contributed by atoms with E-state index < -0.39 is 5.79 Å². The van der Waals surface area contributed by atoms with Gasteiger partial charge in [0.05, 0.1) is 17.6 Å². The Morgan fingerprint density at radius 3 is 2.82 bits per heavy atom. The van der Waals surface area contributed by atoms with Crippen molar-refractivity contribution < 1.29 is 23.7 Å². The number of rotatable bonds is 5. The number of unbranched alkanes of at least 4 members (excludes halogenated alkanes) is 1. The highest BCUT2D eigenvalue weighted by atomic mass is 16.7. The zero-order chi connectivity index (χ0) is 19.4. The van der Waals surface area contributed by atoms with Crippen LogP contribution in [-0.2, 0) is 23.7 Å². The Morgan fingerprint density at radius 2 is 2.07 bits per heavy atom. The number of carbonyl (C=O) groups excluding carboxylic acids is 1. The quantitative estimate of drug-likeness (QED) is 0.671. The summed E-state index contributed by atoms with van der Waals surface area (Å²) < 4.78 is 25.2. The van der Waals surface area contributed by atoms with E-state index >= 15 is 0 Å². The minimum Gasteiger partial charge on any atom is -0.456 e. The molecule has 0 aliphatic carbocycles. The van der Waals surface area contributed by atoms with Crippen molar-refractivity contribution in [3.05, 3.63) is 0 Å². The van der Waals surface area contributed by atoms with Crippen molar-refractivity contribution in [2.75, 3.05) is 13.7 Å². The van der Waals surface area contributed by atoms with Crippen LogP contribution in [0.25, 0.3) is 0 Å². The Labute approximate surface area is 167 Å². The van der Waals surface area contributed by atoms with E-state index in [1.165, 1.54) is 32.2 Å². The SMILES string of the molecule is CCCC[C@@]12[C@@H]3C[C@H]4[C@H]5[C@H](C)[C@@H]([C@@H]6OC(=O)C(C)C6OC)O[C@]5(O3)[C@@H]1CCN42. The zero-order valence-electron chi connectivity index (χ0n) is 17.4. The third-order valence-corrected chi connectivity index (χ3v) is 9.27. The Morgan fingerprint density at radius 1 is 1.25 bits per heavy atom.